The molecule has 1 N–H and O–H groups in total. The topological polar surface area (TPSA) is 133 Å². The Kier molecular flexibility index (Phi) is 4.78. The van der Waals surface area contributed by atoms with E-state index < -0.39 is 34.5 Å². The van der Waals surface area contributed by atoms with E-state index in [9.17, 15) is 24.3 Å². The Bertz CT molecular complexity index is 1660. The maximum Gasteiger partial charge on any atom is 0.336 e. The number of carbonyl (C=O) groups is 2. The van der Waals surface area contributed by atoms with E-state index in [-0.39, 0.29) is 45.2 Å². The quantitative estimate of drug-likeness (QED) is 0.210. The molecule has 0 amide bonds. The van der Waals surface area contributed by atoms with Crippen LogP contribution in [0.4, 0.5) is 0 Å². The second-order valence-corrected chi connectivity index (χ2v) is 8.09. The summed E-state index contributed by atoms with van der Waals surface area (Å²) < 4.78 is 21.7. The van der Waals surface area contributed by atoms with Gasteiger partial charge in [0.05, 0.1) is 30.6 Å². The number of rotatable bonds is 3. The van der Waals surface area contributed by atoms with Crippen LogP contribution in [-0.2, 0) is 4.79 Å². The third-order valence-corrected chi connectivity index (χ3v) is 6.02. The summed E-state index contributed by atoms with van der Waals surface area (Å²) in [5.74, 6) is -2.52. The highest BCUT2D eigenvalue weighted by atomic mass is 16.5. The molecular formula is C25H18O9. The van der Waals surface area contributed by atoms with Gasteiger partial charge in [-0.1, -0.05) is 0 Å². The molecule has 9 nitrogen and oxygen atoms in total. The molecule has 9 heteroatoms. The molecular weight excluding hydrogens is 444 g/mol. The van der Waals surface area contributed by atoms with Gasteiger partial charge in [0.1, 0.15) is 28.2 Å². The summed E-state index contributed by atoms with van der Waals surface area (Å²) in [7, 11) is 1.46. The van der Waals surface area contributed by atoms with Crippen molar-refractivity contribution in [3.05, 3.63) is 73.4 Å². The van der Waals surface area contributed by atoms with Crippen LogP contribution in [0.25, 0.3) is 21.9 Å². The fraction of sp³-hybridized carbons (Fsp3) is 0.200. The third-order valence-electron chi connectivity index (χ3n) is 6.02. The van der Waals surface area contributed by atoms with Crippen LogP contribution >= 0.6 is 0 Å². The Balaban J connectivity index is 1.92. The van der Waals surface area contributed by atoms with Crippen LogP contribution in [0.5, 0.6) is 17.2 Å². The number of esters is 1. The first-order valence-corrected chi connectivity index (χ1v) is 10.4. The highest BCUT2D eigenvalue weighted by Crippen LogP contribution is 2.49. The Morgan fingerprint density at radius 1 is 1.18 bits per heavy atom. The van der Waals surface area contributed by atoms with Crippen LogP contribution < -0.4 is 20.5 Å². The van der Waals surface area contributed by atoms with Crippen molar-refractivity contribution in [1.82, 2.24) is 0 Å². The number of ketones is 1. The molecule has 2 aromatic carbocycles. The lowest BCUT2D eigenvalue weighted by molar-refractivity contribution is -0.135. The lowest BCUT2D eigenvalue weighted by Crippen LogP contribution is -2.26. The van der Waals surface area contributed by atoms with E-state index in [1.165, 1.54) is 32.4 Å². The largest absolute Gasteiger partial charge is 0.506 e. The highest BCUT2D eigenvalue weighted by molar-refractivity contribution is 6.09. The van der Waals surface area contributed by atoms with Gasteiger partial charge in [-0.2, -0.15) is 0 Å². The normalized spacial score (nSPS) is 15.3. The van der Waals surface area contributed by atoms with Crippen LogP contribution in [0.3, 0.4) is 0 Å². The molecule has 1 aliphatic rings. The monoisotopic (exact) mass is 462 g/mol. The maximum absolute atomic E-state index is 13.5. The zero-order chi connectivity index (χ0) is 24.3. The minimum Gasteiger partial charge on any atom is -0.506 e. The standard InChI is InChI=1S/C25H18O9/c1-10-6-17(27)33-24-19(10)23(30)20(11(2)26)25-21(24)13(8-18(28)34-25)15-9-32-16-5-4-12(31-3)7-14(16)22(15)29/h4-7,9,13,30H,8H2,1-3H3. The van der Waals surface area contributed by atoms with E-state index in [0.29, 0.717) is 16.9 Å². The van der Waals surface area contributed by atoms with Crippen LogP contribution in [-0.4, -0.2) is 24.0 Å². The molecule has 34 heavy (non-hydrogen) atoms. The van der Waals surface area contributed by atoms with Gasteiger partial charge in [-0.3, -0.25) is 14.4 Å². The molecule has 3 heterocycles. The number of Topliss-reactive ketones (excluding diaryl/α,β-unsaturated/α-hetero) is 1. The predicted molar refractivity (Wildman–Crippen MR) is 120 cm³/mol. The van der Waals surface area contributed by atoms with Gasteiger partial charge in [0.15, 0.2) is 17.0 Å². The van der Waals surface area contributed by atoms with Crippen molar-refractivity contribution in [2.24, 2.45) is 0 Å². The van der Waals surface area contributed by atoms with Crippen molar-refractivity contribution in [2.75, 3.05) is 7.11 Å². The zero-order valence-corrected chi connectivity index (χ0v) is 18.4. The van der Waals surface area contributed by atoms with Crippen LogP contribution in [0.2, 0.25) is 0 Å². The smallest absolute Gasteiger partial charge is 0.336 e. The molecule has 0 aliphatic carbocycles. The number of benzene rings is 2. The summed E-state index contributed by atoms with van der Waals surface area (Å²) in [6.45, 7) is 2.79. The number of phenols is 1. The van der Waals surface area contributed by atoms with Crippen LogP contribution in [0.15, 0.2) is 49.0 Å². The summed E-state index contributed by atoms with van der Waals surface area (Å²) in [5, 5.41) is 11.2. The van der Waals surface area contributed by atoms with Crippen molar-refractivity contribution in [3.63, 3.8) is 0 Å². The van der Waals surface area contributed by atoms with E-state index in [1.54, 1.807) is 19.1 Å². The Morgan fingerprint density at radius 3 is 2.65 bits per heavy atom. The molecule has 1 aliphatic heterocycles. The highest BCUT2D eigenvalue weighted by Gasteiger charge is 2.38. The summed E-state index contributed by atoms with van der Waals surface area (Å²) in [4.78, 5) is 50.8. The number of carbonyl (C=O) groups excluding carboxylic acids is 2. The molecule has 0 radical (unpaired) electrons. The molecule has 1 unspecified atom stereocenters. The third kappa shape index (κ3) is 3.08. The summed E-state index contributed by atoms with van der Waals surface area (Å²) in [6.07, 6.45) is 0.965. The Morgan fingerprint density at radius 2 is 1.94 bits per heavy atom. The number of aryl methyl sites for hydroxylation is 1. The van der Waals surface area contributed by atoms with Gasteiger partial charge >= 0.3 is 11.6 Å². The second-order valence-electron chi connectivity index (χ2n) is 8.09. The van der Waals surface area contributed by atoms with Crippen molar-refractivity contribution in [2.45, 2.75) is 26.2 Å². The van der Waals surface area contributed by atoms with Crippen molar-refractivity contribution >= 4 is 33.7 Å². The van der Waals surface area contributed by atoms with Crippen LogP contribution in [0, 0.1) is 6.92 Å². The Labute approximate surface area is 191 Å². The van der Waals surface area contributed by atoms with E-state index in [2.05, 4.69) is 0 Å². The first kappa shape index (κ1) is 21.4. The second kappa shape index (κ2) is 7.58. The van der Waals surface area contributed by atoms with E-state index in [4.69, 9.17) is 18.3 Å². The fourth-order valence-electron chi connectivity index (χ4n) is 4.49. The Hall–Kier alpha value is -4.40. The fourth-order valence-corrected chi connectivity index (χ4v) is 4.49. The molecule has 5 rings (SSSR count). The van der Waals surface area contributed by atoms with Gasteiger partial charge in [-0.25, -0.2) is 4.79 Å². The molecule has 4 aromatic rings. The molecule has 172 valence electrons. The van der Waals surface area contributed by atoms with Gasteiger partial charge in [-0.15, -0.1) is 0 Å². The molecule has 0 saturated heterocycles. The molecule has 0 fully saturated rings. The molecule has 1 atom stereocenters. The zero-order valence-electron chi connectivity index (χ0n) is 18.4. The first-order chi connectivity index (χ1) is 16.2. The summed E-state index contributed by atoms with van der Waals surface area (Å²) in [5.41, 5.74) is -0.498. The maximum atomic E-state index is 13.5. The minimum absolute atomic E-state index is 0.0647. The van der Waals surface area contributed by atoms with Crippen molar-refractivity contribution < 1.29 is 33.0 Å². The average Bonchev–Trinajstić information content (AvgIpc) is 2.77. The lowest BCUT2D eigenvalue weighted by atomic mass is 9.83. The molecule has 0 spiro atoms. The number of hydrogen-bond acceptors (Lipinski definition) is 9. The van der Waals surface area contributed by atoms with E-state index >= 15 is 0 Å². The van der Waals surface area contributed by atoms with E-state index in [1.807, 2.05) is 0 Å². The van der Waals surface area contributed by atoms with Crippen molar-refractivity contribution in [1.29, 1.82) is 0 Å². The van der Waals surface area contributed by atoms with Gasteiger partial charge in [-0.05, 0) is 37.6 Å². The number of phenolic OH excluding ortho intramolecular Hbond substituents is 1. The number of ether oxygens (including phenoxy) is 2. The van der Waals surface area contributed by atoms with Crippen molar-refractivity contribution in [3.8, 4) is 17.2 Å². The summed E-state index contributed by atoms with van der Waals surface area (Å²) in [6, 6.07) is 5.93. The van der Waals surface area contributed by atoms with E-state index in [0.717, 1.165) is 0 Å². The number of methoxy groups -OCH3 is 1. The number of fused-ring (bicyclic) bond motifs is 4. The first-order valence-electron chi connectivity index (χ1n) is 10.4. The summed E-state index contributed by atoms with van der Waals surface area (Å²) >= 11 is 0. The SMILES string of the molecule is COc1ccc2occ(C3CC(=O)Oc4c(C(C)=O)c(O)c5c(C)cc(=O)oc5c43)c(=O)c2c1. The lowest BCUT2D eigenvalue weighted by Gasteiger charge is -2.27. The minimum atomic E-state index is -0.964. The molecule has 0 saturated carbocycles. The van der Waals surface area contributed by atoms with Crippen LogP contribution in [0.1, 0.15) is 46.3 Å². The number of hydrogen-bond donors (Lipinski definition) is 1. The van der Waals surface area contributed by atoms with Gasteiger partial charge < -0.3 is 23.4 Å². The number of aromatic hydroxyl groups is 1. The van der Waals surface area contributed by atoms with Gasteiger partial charge in [0, 0.05) is 23.1 Å². The average molecular weight is 462 g/mol. The van der Waals surface area contributed by atoms with Gasteiger partial charge in [0.25, 0.3) is 0 Å². The molecule has 2 aromatic heterocycles. The van der Waals surface area contributed by atoms with Gasteiger partial charge in [0.2, 0.25) is 0 Å². The molecule has 0 bridgehead atoms. The predicted octanol–water partition coefficient (Wildman–Crippen LogP) is 3.57.